The highest BCUT2D eigenvalue weighted by molar-refractivity contribution is 7.80. The monoisotopic (exact) mass is 532 g/mol. The third-order valence-corrected chi connectivity index (χ3v) is 10.2. The Balaban J connectivity index is 1.79. The molecule has 0 spiro atoms. The number of hydrogen-bond acceptors (Lipinski definition) is 0. The largest absolute Gasteiger partial charge is 0.0622 e. The maximum Gasteiger partial charge on any atom is -0.00127 e. The van der Waals surface area contributed by atoms with Crippen molar-refractivity contribution in [1.29, 1.82) is 0 Å². The Labute approximate surface area is 239 Å². The van der Waals surface area contributed by atoms with Gasteiger partial charge in [0.05, 0.1) is 0 Å². The molecule has 0 heterocycles. The number of aryl methyl sites for hydroxylation is 3. The first-order valence-electron chi connectivity index (χ1n) is 13.9. The normalized spacial score (nSPS) is 11.1. The fraction of sp³-hybridized carbons (Fsp3) is 0.0769. The molecule has 0 radical (unpaired) electrons. The molecule has 0 N–H and O–H groups in total. The van der Waals surface area contributed by atoms with Crippen molar-refractivity contribution in [3.05, 3.63) is 162 Å². The van der Waals surface area contributed by atoms with Crippen LogP contribution in [0.15, 0.2) is 146 Å². The lowest BCUT2D eigenvalue weighted by molar-refractivity contribution is 1.42. The summed E-state index contributed by atoms with van der Waals surface area (Å²) in [5.41, 5.74) is 11.7. The van der Waals surface area contributed by atoms with Crippen LogP contribution in [0.5, 0.6) is 0 Å². The first-order valence-corrected chi connectivity index (χ1v) is 15.2. The molecular weight excluding hydrogens is 499 g/mol. The number of rotatable bonds is 6. The van der Waals surface area contributed by atoms with Crippen LogP contribution in [0, 0.1) is 20.8 Å². The highest BCUT2D eigenvalue weighted by Gasteiger charge is 2.26. The van der Waals surface area contributed by atoms with Gasteiger partial charge in [0.15, 0.2) is 0 Å². The summed E-state index contributed by atoms with van der Waals surface area (Å²) in [6.45, 7) is 6.70. The molecule has 0 amide bonds. The van der Waals surface area contributed by atoms with Gasteiger partial charge in [0.2, 0.25) is 0 Å². The van der Waals surface area contributed by atoms with Crippen LogP contribution in [0.4, 0.5) is 0 Å². The second-order valence-electron chi connectivity index (χ2n) is 10.3. The maximum absolute atomic E-state index is 2.41. The quantitative estimate of drug-likeness (QED) is 0.188. The molecule has 0 bridgehead atoms. The summed E-state index contributed by atoms with van der Waals surface area (Å²) in [5.74, 6) is 0. The zero-order chi connectivity index (χ0) is 27.5. The van der Waals surface area contributed by atoms with Gasteiger partial charge in [-0.05, 0) is 94.7 Å². The van der Waals surface area contributed by atoms with Crippen molar-refractivity contribution in [1.82, 2.24) is 0 Å². The van der Waals surface area contributed by atoms with Gasteiger partial charge in [0, 0.05) is 0 Å². The van der Waals surface area contributed by atoms with Crippen molar-refractivity contribution < 1.29 is 0 Å². The summed E-state index contributed by atoms with van der Waals surface area (Å²) in [6, 6.07) is 53.4. The smallest absolute Gasteiger partial charge is 0.00127 e. The van der Waals surface area contributed by atoms with E-state index in [1.807, 2.05) is 0 Å². The molecule has 0 aliphatic rings. The van der Waals surface area contributed by atoms with E-state index in [0.29, 0.717) is 0 Å². The van der Waals surface area contributed by atoms with E-state index in [1.54, 1.807) is 0 Å². The van der Waals surface area contributed by atoms with E-state index < -0.39 is 7.92 Å². The second kappa shape index (κ2) is 11.5. The van der Waals surface area contributed by atoms with E-state index in [9.17, 15) is 0 Å². The highest BCUT2D eigenvalue weighted by atomic mass is 31.1. The summed E-state index contributed by atoms with van der Waals surface area (Å²) in [7, 11) is -0.808. The Kier molecular flexibility index (Phi) is 7.45. The van der Waals surface area contributed by atoms with Gasteiger partial charge >= 0.3 is 0 Å². The molecule has 0 atom stereocenters. The van der Waals surface area contributed by atoms with Crippen LogP contribution < -0.4 is 15.9 Å². The van der Waals surface area contributed by atoms with Crippen molar-refractivity contribution in [3.63, 3.8) is 0 Å². The van der Waals surface area contributed by atoms with Crippen LogP contribution >= 0.6 is 7.92 Å². The van der Waals surface area contributed by atoms with E-state index >= 15 is 0 Å². The highest BCUT2D eigenvalue weighted by Crippen LogP contribution is 2.47. The Morgan fingerprint density at radius 3 is 1.20 bits per heavy atom. The molecular formula is C39H33P. The van der Waals surface area contributed by atoms with Crippen LogP contribution in [-0.4, -0.2) is 0 Å². The minimum Gasteiger partial charge on any atom is -0.0622 e. The average molecular weight is 533 g/mol. The van der Waals surface area contributed by atoms with Crippen LogP contribution in [-0.2, 0) is 0 Å². The topological polar surface area (TPSA) is 0 Å². The first kappa shape index (κ1) is 26.0. The summed E-state index contributed by atoms with van der Waals surface area (Å²) in [6.07, 6.45) is 0. The van der Waals surface area contributed by atoms with E-state index in [0.717, 1.165) is 0 Å². The van der Waals surface area contributed by atoms with Gasteiger partial charge in [0.1, 0.15) is 0 Å². The molecule has 0 aliphatic heterocycles. The summed E-state index contributed by atoms with van der Waals surface area (Å²) < 4.78 is 0. The summed E-state index contributed by atoms with van der Waals surface area (Å²) in [4.78, 5) is 0. The van der Waals surface area contributed by atoms with Crippen molar-refractivity contribution in [3.8, 4) is 33.4 Å². The minimum atomic E-state index is -0.808. The molecule has 194 valence electrons. The molecule has 0 nitrogen and oxygen atoms in total. The van der Waals surface area contributed by atoms with Gasteiger partial charge in [-0.1, -0.05) is 146 Å². The molecule has 0 saturated carbocycles. The number of hydrogen-bond donors (Lipinski definition) is 0. The molecule has 0 aromatic heterocycles. The van der Waals surface area contributed by atoms with Crippen molar-refractivity contribution in [2.75, 3.05) is 0 Å². The fourth-order valence-corrected chi connectivity index (χ4v) is 8.19. The molecule has 0 unspecified atom stereocenters. The van der Waals surface area contributed by atoms with Crippen LogP contribution in [0.3, 0.4) is 0 Å². The predicted octanol–water partition coefficient (Wildman–Crippen LogP) is 9.37. The molecule has 6 aromatic carbocycles. The SMILES string of the molecule is Cc1ccccc1-c1ccc(P(c2ccccc2)c2ccccc2)c(-c2ccccc2C)c1-c1ccccc1C. The molecule has 0 fully saturated rings. The van der Waals surface area contributed by atoms with Gasteiger partial charge < -0.3 is 0 Å². The van der Waals surface area contributed by atoms with Crippen LogP contribution in [0.25, 0.3) is 33.4 Å². The van der Waals surface area contributed by atoms with Crippen molar-refractivity contribution in [2.24, 2.45) is 0 Å². The minimum absolute atomic E-state index is 0.808. The fourth-order valence-electron chi connectivity index (χ4n) is 5.72. The Morgan fingerprint density at radius 2 is 0.725 bits per heavy atom. The first-order chi connectivity index (χ1) is 19.6. The van der Waals surface area contributed by atoms with Gasteiger partial charge in [-0.2, -0.15) is 0 Å². The van der Waals surface area contributed by atoms with Gasteiger partial charge in [-0.3, -0.25) is 0 Å². The molecule has 0 aliphatic carbocycles. The average Bonchev–Trinajstić information content (AvgIpc) is 2.99. The zero-order valence-electron chi connectivity index (χ0n) is 23.3. The third-order valence-electron chi connectivity index (χ3n) is 7.72. The van der Waals surface area contributed by atoms with Gasteiger partial charge in [-0.15, -0.1) is 0 Å². The lowest BCUT2D eigenvalue weighted by Crippen LogP contribution is -2.23. The summed E-state index contributed by atoms with van der Waals surface area (Å²) in [5, 5.41) is 4.10. The van der Waals surface area contributed by atoms with Crippen LogP contribution in [0.2, 0.25) is 0 Å². The standard InChI is InChI=1S/C39H33P/c1-28-16-10-13-23-33(28)36-26-27-37(40(31-19-6-4-7-20-31)32-21-8-5-9-22-32)39(35-25-15-12-18-30(35)3)38(36)34-24-14-11-17-29(34)2/h4-27H,1-3H3. The third kappa shape index (κ3) is 4.92. The Hall–Kier alpha value is -4.25. The maximum atomic E-state index is 2.41. The molecule has 1 heteroatoms. The Bertz CT molecular complexity index is 1730. The summed E-state index contributed by atoms with van der Waals surface area (Å²) >= 11 is 0. The van der Waals surface area contributed by atoms with E-state index in [4.69, 9.17) is 0 Å². The predicted molar refractivity (Wildman–Crippen MR) is 176 cm³/mol. The van der Waals surface area contributed by atoms with E-state index in [-0.39, 0.29) is 0 Å². The molecule has 6 rings (SSSR count). The number of benzene rings is 6. The Morgan fingerprint density at radius 1 is 0.325 bits per heavy atom. The second-order valence-corrected chi connectivity index (χ2v) is 12.5. The lowest BCUT2D eigenvalue weighted by atomic mass is 9.84. The molecule has 6 aromatic rings. The van der Waals surface area contributed by atoms with E-state index in [1.165, 1.54) is 66.0 Å². The molecule has 0 saturated heterocycles. The van der Waals surface area contributed by atoms with Gasteiger partial charge in [-0.25, -0.2) is 0 Å². The van der Waals surface area contributed by atoms with Crippen LogP contribution in [0.1, 0.15) is 16.7 Å². The zero-order valence-corrected chi connectivity index (χ0v) is 24.2. The lowest BCUT2D eigenvalue weighted by Gasteiger charge is -2.28. The van der Waals surface area contributed by atoms with Gasteiger partial charge in [0.25, 0.3) is 0 Å². The van der Waals surface area contributed by atoms with Crippen molar-refractivity contribution >= 4 is 23.8 Å². The molecule has 40 heavy (non-hydrogen) atoms. The van der Waals surface area contributed by atoms with Crippen molar-refractivity contribution in [2.45, 2.75) is 20.8 Å². The van der Waals surface area contributed by atoms with E-state index in [2.05, 4.69) is 166 Å².